The number of hydrogen-bond acceptors (Lipinski definition) is 4. The SMILES string of the molecule is CC(C)n1ncnc1COc1ccc([C@H](C)O)cc1F. The highest BCUT2D eigenvalue weighted by atomic mass is 19.1. The van der Waals surface area contributed by atoms with E-state index in [2.05, 4.69) is 10.1 Å². The molecule has 0 unspecified atom stereocenters. The normalized spacial score (nSPS) is 12.7. The Morgan fingerprint density at radius 1 is 1.35 bits per heavy atom. The van der Waals surface area contributed by atoms with E-state index in [0.29, 0.717) is 11.4 Å². The van der Waals surface area contributed by atoms with Crippen LogP contribution in [0.1, 0.15) is 44.3 Å². The molecule has 2 rings (SSSR count). The Balaban J connectivity index is 2.09. The van der Waals surface area contributed by atoms with Gasteiger partial charge in [-0.15, -0.1) is 0 Å². The highest BCUT2D eigenvalue weighted by Crippen LogP contribution is 2.22. The van der Waals surface area contributed by atoms with E-state index in [0.717, 1.165) is 0 Å². The van der Waals surface area contributed by atoms with Gasteiger partial charge in [0.05, 0.1) is 6.10 Å². The van der Waals surface area contributed by atoms with Crippen LogP contribution >= 0.6 is 0 Å². The van der Waals surface area contributed by atoms with Gasteiger partial charge in [0.2, 0.25) is 0 Å². The van der Waals surface area contributed by atoms with Crippen LogP contribution in [0.25, 0.3) is 0 Å². The topological polar surface area (TPSA) is 60.2 Å². The van der Waals surface area contributed by atoms with Crippen molar-refractivity contribution in [3.63, 3.8) is 0 Å². The van der Waals surface area contributed by atoms with Crippen molar-refractivity contribution in [3.8, 4) is 5.75 Å². The number of aliphatic hydroxyl groups excluding tert-OH is 1. The Morgan fingerprint density at radius 3 is 2.70 bits per heavy atom. The Bertz CT molecular complexity index is 582. The monoisotopic (exact) mass is 279 g/mol. The minimum Gasteiger partial charge on any atom is -0.483 e. The van der Waals surface area contributed by atoms with Crippen molar-refractivity contribution in [2.75, 3.05) is 0 Å². The fourth-order valence-electron chi connectivity index (χ4n) is 1.84. The third-order valence-corrected chi connectivity index (χ3v) is 2.93. The summed E-state index contributed by atoms with van der Waals surface area (Å²) in [5.41, 5.74) is 0.514. The van der Waals surface area contributed by atoms with Crippen LogP contribution in [0.3, 0.4) is 0 Å². The quantitative estimate of drug-likeness (QED) is 0.914. The van der Waals surface area contributed by atoms with E-state index in [-0.39, 0.29) is 18.4 Å². The standard InChI is InChI=1S/C14H18FN3O2/c1-9(2)18-14(16-8-17-18)7-20-13-5-4-11(10(3)19)6-12(13)15/h4-6,8-10,19H,7H2,1-3H3/t10-/m0/s1. The number of aromatic nitrogens is 3. The Labute approximate surface area is 117 Å². The van der Waals surface area contributed by atoms with Crippen LogP contribution in [0.4, 0.5) is 4.39 Å². The first-order chi connectivity index (χ1) is 9.49. The number of nitrogens with zero attached hydrogens (tertiary/aromatic N) is 3. The van der Waals surface area contributed by atoms with E-state index in [9.17, 15) is 9.50 Å². The maximum absolute atomic E-state index is 13.8. The zero-order valence-electron chi connectivity index (χ0n) is 11.7. The summed E-state index contributed by atoms with van der Waals surface area (Å²) in [4.78, 5) is 4.09. The van der Waals surface area contributed by atoms with Gasteiger partial charge in [-0.25, -0.2) is 14.1 Å². The molecule has 0 amide bonds. The summed E-state index contributed by atoms with van der Waals surface area (Å²) >= 11 is 0. The third-order valence-electron chi connectivity index (χ3n) is 2.93. The molecule has 1 heterocycles. The number of halogens is 1. The summed E-state index contributed by atoms with van der Waals surface area (Å²) in [7, 11) is 0. The van der Waals surface area contributed by atoms with Gasteiger partial charge in [0, 0.05) is 6.04 Å². The molecule has 0 bridgehead atoms. The van der Waals surface area contributed by atoms with Gasteiger partial charge in [0.25, 0.3) is 0 Å². The minimum atomic E-state index is -0.706. The van der Waals surface area contributed by atoms with Crippen LogP contribution in [-0.4, -0.2) is 19.9 Å². The summed E-state index contributed by atoms with van der Waals surface area (Å²) in [6, 6.07) is 4.58. The van der Waals surface area contributed by atoms with Crippen molar-refractivity contribution in [1.82, 2.24) is 14.8 Å². The van der Waals surface area contributed by atoms with Gasteiger partial charge < -0.3 is 9.84 Å². The molecule has 2 aromatic rings. The van der Waals surface area contributed by atoms with Gasteiger partial charge in [-0.1, -0.05) is 6.07 Å². The predicted molar refractivity (Wildman–Crippen MR) is 71.8 cm³/mol. The van der Waals surface area contributed by atoms with E-state index in [1.807, 2.05) is 13.8 Å². The zero-order chi connectivity index (χ0) is 14.7. The van der Waals surface area contributed by atoms with E-state index in [4.69, 9.17) is 4.74 Å². The molecule has 1 aromatic carbocycles. The minimum absolute atomic E-state index is 0.132. The molecule has 0 saturated heterocycles. The lowest BCUT2D eigenvalue weighted by Crippen LogP contribution is -2.11. The van der Waals surface area contributed by atoms with Crippen molar-refractivity contribution in [2.24, 2.45) is 0 Å². The second-order valence-electron chi connectivity index (χ2n) is 4.87. The maximum Gasteiger partial charge on any atom is 0.165 e. The van der Waals surface area contributed by atoms with Crippen LogP contribution in [0, 0.1) is 5.82 Å². The van der Waals surface area contributed by atoms with Crippen LogP contribution in [0.15, 0.2) is 24.5 Å². The molecule has 1 N–H and O–H groups in total. The lowest BCUT2D eigenvalue weighted by Gasteiger charge is -2.12. The molecule has 0 aliphatic heterocycles. The third kappa shape index (κ3) is 3.14. The molecule has 1 aromatic heterocycles. The first-order valence-electron chi connectivity index (χ1n) is 6.47. The number of aliphatic hydroxyl groups is 1. The van der Waals surface area contributed by atoms with Crippen molar-refractivity contribution in [1.29, 1.82) is 0 Å². The van der Waals surface area contributed by atoms with E-state index in [1.165, 1.54) is 18.5 Å². The van der Waals surface area contributed by atoms with Crippen LogP contribution in [0.5, 0.6) is 5.75 Å². The summed E-state index contributed by atoms with van der Waals surface area (Å²) in [5, 5.41) is 13.5. The van der Waals surface area contributed by atoms with Crippen molar-refractivity contribution in [3.05, 3.63) is 41.7 Å². The molecular formula is C14H18FN3O2. The number of rotatable bonds is 5. The fourth-order valence-corrected chi connectivity index (χ4v) is 1.84. The Kier molecular flexibility index (Phi) is 4.34. The van der Waals surface area contributed by atoms with Gasteiger partial charge in [-0.3, -0.25) is 0 Å². The van der Waals surface area contributed by atoms with E-state index < -0.39 is 11.9 Å². The maximum atomic E-state index is 13.8. The Morgan fingerprint density at radius 2 is 2.10 bits per heavy atom. The molecule has 0 saturated carbocycles. The highest BCUT2D eigenvalue weighted by molar-refractivity contribution is 5.30. The van der Waals surface area contributed by atoms with E-state index in [1.54, 1.807) is 17.7 Å². The zero-order valence-corrected chi connectivity index (χ0v) is 11.7. The molecule has 0 fully saturated rings. The summed E-state index contributed by atoms with van der Waals surface area (Å²) in [6.07, 6.45) is 0.744. The molecule has 6 heteroatoms. The second-order valence-corrected chi connectivity index (χ2v) is 4.87. The Hall–Kier alpha value is -1.95. The molecule has 0 aliphatic carbocycles. The predicted octanol–water partition coefficient (Wildman–Crippen LogP) is 2.63. The van der Waals surface area contributed by atoms with Gasteiger partial charge in [-0.2, -0.15) is 5.10 Å². The fraction of sp³-hybridized carbons (Fsp3) is 0.429. The average Bonchev–Trinajstić information content (AvgIpc) is 2.85. The van der Waals surface area contributed by atoms with Crippen molar-refractivity contribution < 1.29 is 14.2 Å². The summed E-state index contributed by atoms with van der Waals surface area (Å²) < 4.78 is 21.0. The van der Waals surface area contributed by atoms with Crippen LogP contribution in [0.2, 0.25) is 0 Å². The average molecular weight is 279 g/mol. The molecular weight excluding hydrogens is 261 g/mol. The molecule has 0 radical (unpaired) electrons. The first kappa shape index (κ1) is 14.5. The molecule has 20 heavy (non-hydrogen) atoms. The number of hydrogen-bond donors (Lipinski definition) is 1. The molecule has 1 atom stereocenters. The largest absolute Gasteiger partial charge is 0.483 e. The van der Waals surface area contributed by atoms with Crippen molar-refractivity contribution >= 4 is 0 Å². The lowest BCUT2D eigenvalue weighted by atomic mass is 10.1. The highest BCUT2D eigenvalue weighted by Gasteiger charge is 2.11. The van der Waals surface area contributed by atoms with Gasteiger partial charge in [-0.05, 0) is 38.5 Å². The summed E-state index contributed by atoms with van der Waals surface area (Å²) in [6.45, 7) is 5.69. The molecule has 108 valence electrons. The summed E-state index contributed by atoms with van der Waals surface area (Å²) in [5.74, 6) is 0.269. The molecule has 0 spiro atoms. The molecule has 0 aliphatic rings. The van der Waals surface area contributed by atoms with Gasteiger partial charge in [0.1, 0.15) is 12.9 Å². The lowest BCUT2D eigenvalue weighted by molar-refractivity contribution is 0.198. The van der Waals surface area contributed by atoms with Crippen LogP contribution in [-0.2, 0) is 6.61 Å². The van der Waals surface area contributed by atoms with Crippen LogP contribution < -0.4 is 4.74 Å². The first-order valence-corrected chi connectivity index (χ1v) is 6.47. The van der Waals surface area contributed by atoms with E-state index >= 15 is 0 Å². The van der Waals surface area contributed by atoms with Gasteiger partial charge >= 0.3 is 0 Å². The number of ether oxygens (including phenoxy) is 1. The van der Waals surface area contributed by atoms with Gasteiger partial charge in [0.15, 0.2) is 17.4 Å². The number of benzene rings is 1. The smallest absolute Gasteiger partial charge is 0.165 e. The second kappa shape index (κ2) is 6.00. The van der Waals surface area contributed by atoms with Crippen molar-refractivity contribution in [2.45, 2.75) is 39.5 Å². The molecule has 5 nitrogen and oxygen atoms in total.